The average Bonchev–Trinajstić information content (AvgIpc) is 2.54. The highest BCUT2D eigenvalue weighted by atomic mass is 32.2. The molecule has 0 atom stereocenters. The maximum atomic E-state index is 12.5. The van der Waals surface area contributed by atoms with E-state index < -0.39 is 0 Å². The van der Waals surface area contributed by atoms with E-state index in [1.54, 1.807) is 11.8 Å². The molecule has 1 aromatic carbocycles. The highest BCUT2D eigenvalue weighted by molar-refractivity contribution is 8.00. The fourth-order valence-electron chi connectivity index (χ4n) is 2.93. The van der Waals surface area contributed by atoms with E-state index in [-0.39, 0.29) is 5.91 Å². The molecule has 1 heterocycles. The van der Waals surface area contributed by atoms with Crippen LogP contribution in [0.1, 0.15) is 30.9 Å². The summed E-state index contributed by atoms with van der Waals surface area (Å²) >= 11 is 1.67. The van der Waals surface area contributed by atoms with Crippen molar-refractivity contribution < 1.29 is 4.79 Å². The number of thioether (sulfide) groups is 1. The number of piperidine rings is 1. The van der Waals surface area contributed by atoms with Crippen LogP contribution in [-0.4, -0.2) is 54.2 Å². The largest absolute Gasteiger partial charge is 0.342 e. The van der Waals surface area contributed by atoms with E-state index in [1.807, 2.05) is 11.9 Å². The average molecular weight is 321 g/mol. The topological polar surface area (TPSA) is 23.6 Å². The summed E-state index contributed by atoms with van der Waals surface area (Å²) in [6, 6.07) is 6.84. The lowest BCUT2D eigenvalue weighted by Crippen LogP contribution is -2.46. The van der Waals surface area contributed by atoms with Crippen molar-refractivity contribution in [3.8, 4) is 0 Å². The number of amides is 1. The second-order valence-electron chi connectivity index (χ2n) is 6.23. The Bertz CT molecular complexity index is 510. The highest BCUT2D eigenvalue weighted by Gasteiger charge is 2.24. The number of benzene rings is 1. The van der Waals surface area contributed by atoms with E-state index in [1.165, 1.54) is 16.0 Å². The normalized spacial score (nSPS) is 16.7. The van der Waals surface area contributed by atoms with Gasteiger partial charge in [0.05, 0.1) is 5.75 Å². The van der Waals surface area contributed by atoms with Gasteiger partial charge in [-0.1, -0.05) is 24.6 Å². The summed E-state index contributed by atoms with van der Waals surface area (Å²) in [5.41, 5.74) is 2.50. The predicted octanol–water partition coefficient (Wildman–Crippen LogP) is 3.34. The van der Waals surface area contributed by atoms with Crippen LogP contribution in [-0.2, 0) is 4.79 Å². The summed E-state index contributed by atoms with van der Waals surface area (Å²) in [6.45, 7) is 9.75. The lowest BCUT2D eigenvalue weighted by atomic mass is 10.0. The lowest BCUT2D eigenvalue weighted by Gasteiger charge is -2.36. The molecule has 22 heavy (non-hydrogen) atoms. The molecule has 1 fully saturated rings. The maximum absolute atomic E-state index is 12.5. The van der Waals surface area contributed by atoms with E-state index in [0.717, 1.165) is 32.5 Å². The van der Waals surface area contributed by atoms with Crippen molar-refractivity contribution in [3.63, 3.8) is 0 Å². The molecular formula is C18H28N2OS. The number of hydrogen-bond acceptors (Lipinski definition) is 3. The molecule has 1 aliphatic rings. The van der Waals surface area contributed by atoms with Crippen molar-refractivity contribution in [3.05, 3.63) is 29.3 Å². The van der Waals surface area contributed by atoms with Gasteiger partial charge in [-0.15, -0.1) is 11.8 Å². The molecular weight excluding hydrogens is 292 g/mol. The van der Waals surface area contributed by atoms with Crippen LogP contribution < -0.4 is 0 Å². The Labute approximate surface area is 139 Å². The summed E-state index contributed by atoms with van der Waals surface area (Å²) < 4.78 is 0. The zero-order chi connectivity index (χ0) is 16.1. The third-order valence-corrected chi connectivity index (χ3v) is 5.78. The third-order valence-electron chi connectivity index (χ3n) is 4.64. The maximum Gasteiger partial charge on any atom is 0.232 e. The van der Waals surface area contributed by atoms with Gasteiger partial charge in [0.25, 0.3) is 0 Å². The number of likely N-dealkylation sites (tertiary alicyclic amines) is 1. The van der Waals surface area contributed by atoms with Crippen molar-refractivity contribution in [2.75, 3.05) is 32.4 Å². The van der Waals surface area contributed by atoms with Crippen LogP contribution in [0.5, 0.6) is 0 Å². The van der Waals surface area contributed by atoms with Crippen molar-refractivity contribution in [1.29, 1.82) is 0 Å². The molecule has 1 saturated heterocycles. The molecule has 122 valence electrons. The molecule has 0 bridgehead atoms. The Morgan fingerprint density at radius 1 is 1.32 bits per heavy atom. The fraction of sp³-hybridized carbons (Fsp3) is 0.611. The van der Waals surface area contributed by atoms with Gasteiger partial charge in [-0.05, 0) is 44.9 Å². The molecule has 1 aliphatic heterocycles. The van der Waals surface area contributed by atoms with Crippen molar-refractivity contribution >= 4 is 17.7 Å². The minimum absolute atomic E-state index is 0.251. The number of hydrogen-bond donors (Lipinski definition) is 0. The standard InChI is InChI=1S/C18H28N2OS/c1-5-20-10-8-16(9-11-20)19(4)18(21)13-22-17-12-14(2)6-7-15(17)3/h6-7,12,16H,5,8-11,13H2,1-4H3. The number of rotatable bonds is 5. The van der Waals surface area contributed by atoms with Gasteiger partial charge in [-0.3, -0.25) is 4.79 Å². The van der Waals surface area contributed by atoms with Crippen LogP contribution in [0.4, 0.5) is 0 Å². The Kier molecular flexibility index (Phi) is 6.33. The Morgan fingerprint density at radius 3 is 2.64 bits per heavy atom. The van der Waals surface area contributed by atoms with Crippen LogP contribution >= 0.6 is 11.8 Å². The Morgan fingerprint density at radius 2 is 2.00 bits per heavy atom. The molecule has 1 amide bonds. The first-order valence-corrected chi connectivity index (χ1v) is 9.18. The van der Waals surface area contributed by atoms with Crippen molar-refractivity contribution in [1.82, 2.24) is 9.80 Å². The molecule has 3 nitrogen and oxygen atoms in total. The molecule has 0 radical (unpaired) electrons. The summed E-state index contributed by atoms with van der Waals surface area (Å²) in [5, 5.41) is 0. The predicted molar refractivity (Wildman–Crippen MR) is 94.5 cm³/mol. The molecule has 0 aromatic heterocycles. The van der Waals surface area contributed by atoms with E-state index in [4.69, 9.17) is 0 Å². The number of carbonyl (C=O) groups excluding carboxylic acids is 1. The second kappa shape index (κ2) is 8.02. The second-order valence-corrected chi connectivity index (χ2v) is 7.24. The van der Waals surface area contributed by atoms with Gasteiger partial charge < -0.3 is 9.80 Å². The first-order chi connectivity index (χ1) is 10.5. The van der Waals surface area contributed by atoms with Crippen molar-refractivity contribution in [2.45, 2.75) is 44.6 Å². The zero-order valence-electron chi connectivity index (χ0n) is 14.3. The number of nitrogens with zero attached hydrogens (tertiary/aromatic N) is 2. The van der Waals surface area contributed by atoms with E-state index >= 15 is 0 Å². The number of carbonyl (C=O) groups is 1. The lowest BCUT2D eigenvalue weighted by molar-refractivity contribution is -0.129. The first-order valence-electron chi connectivity index (χ1n) is 8.19. The first kappa shape index (κ1) is 17.4. The smallest absolute Gasteiger partial charge is 0.232 e. The quantitative estimate of drug-likeness (QED) is 0.778. The van der Waals surface area contributed by atoms with Gasteiger partial charge in [-0.2, -0.15) is 0 Å². The van der Waals surface area contributed by atoms with Crippen LogP contribution in [0.25, 0.3) is 0 Å². The third kappa shape index (κ3) is 4.50. The minimum atomic E-state index is 0.251. The summed E-state index contributed by atoms with van der Waals surface area (Å²) in [6.07, 6.45) is 2.20. The minimum Gasteiger partial charge on any atom is -0.342 e. The molecule has 0 saturated carbocycles. The zero-order valence-corrected chi connectivity index (χ0v) is 15.1. The molecule has 0 N–H and O–H groups in total. The van der Waals surface area contributed by atoms with Gasteiger partial charge in [0.15, 0.2) is 0 Å². The highest BCUT2D eigenvalue weighted by Crippen LogP contribution is 2.24. The van der Waals surface area contributed by atoms with Gasteiger partial charge in [-0.25, -0.2) is 0 Å². The Hall–Kier alpha value is -1.00. The monoisotopic (exact) mass is 320 g/mol. The van der Waals surface area contributed by atoms with Gasteiger partial charge in [0.2, 0.25) is 5.91 Å². The van der Waals surface area contributed by atoms with Crippen LogP contribution in [0, 0.1) is 13.8 Å². The van der Waals surface area contributed by atoms with E-state index in [0.29, 0.717) is 11.8 Å². The molecule has 2 rings (SSSR count). The van der Waals surface area contributed by atoms with Crippen LogP contribution in [0.2, 0.25) is 0 Å². The molecule has 0 aliphatic carbocycles. The summed E-state index contributed by atoms with van der Waals surface area (Å²) in [5.74, 6) is 0.787. The van der Waals surface area contributed by atoms with Crippen LogP contribution in [0.3, 0.4) is 0 Å². The SMILES string of the molecule is CCN1CCC(N(C)C(=O)CSc2cc(C)ccc2C)CC1. The molecule has 0 spiro atoms. The van der Waals surface area contributed by atoms with Gasteiger partial charge in [0.1, 0.15) is 0 Å². The van der Waals surface area contributed by atoms with Crippen LogP contribution in [0.15, 0.2) is 23.1 Å². The van der Waals surface area contributed by atoms with E-state index in [2.05, 4.69) is 43.9 Å². The van der Waals surface area contributed by atoms with Crippen molar-refractivity contribution in [2.24, 2.45) is 0 Å². The molecule has 1 aromatic rings. The number of aryl methyl sites for hydroxylation is 2. The Balaban J connectivity index is 1.85. The van der Waals surface area contributed by atoms with Gasteiger partial charge >= 0.3 is 0 Å². The van der Waals surface area contributed by atoms with Gasteiger partial charge in [0, 0.05) is 31.1 Å². The molecule has 0 unspecified atom stereocenters. The summed E-state index contributed by atoms with van der Waals surface area (Å²) in [7, 11) is 1.97. The molecule has 4 heteroatoms. The fourth-order valence-corrected chi connectivity index (χ4v) is 3.98. The van der Waals surface area contributed by atoms with E-state index in [9.17, 15) is 4.79 Å². The summed E-state index contributed by atoms with van der Waals surface area (Å²) in [4.78, 5) is 18.1.